The summed E-state index contributed by atoms with van der Waals surface area (Å²) in [6.07, 6.45) is 0.744. The predicted molar refractivity (Wildman–Crippen MR) is 53.3 cm³/mol. The third kappa shape index (κ3) is 6.86. The van der Waals surface area contributed by atoms with Gasteiger partial charge in [-0.25, -0.2) is 4.79 Å². The zero-order chi connectivity index (χ0) is 11.0. The lowest BCUT2D eigenvalue weighted by Gasteiger charge is -2.14. The van der Waals surface area contributed by atoms with Crippen molar-refractivity contribution in [2.24, 2.45) is 5.92 Å². The molecule has 0 bridgehead atoms. The molecule has 4 nitrogen and oxygen atoms in total. The number of methoxy groups -OCH3 is 1. The van der Waals surface area contributed by atoms with E-state index in [4.69, 9.17) is 14.6 Å². The van der Waals surface area contributed by atoms with Gasteiger partial charge in [-0.3, -0.25) is 0 Å². The summed E-state index contributed by atoms with van der Waals surface area (Å²) in [6, 6.07) is 0. The molecule has 14 heavy (non-hydrogen) atoms. The van der Waals surface area contributed by atoms with Gasteiger partial charge in [0.05, 0.1) is 13.2 Å². The van der Waals surface area contributed by atoms with Gasteiger partial charge in [-0.15, -0.1) is 0 Å². The summed E-state index contributed by atoms with van der Waals surface area (Å²) in [5.41, 5.74) is 0. The first-order chi connectivity index (χ1) is 6.57. The Morgan fingerprint density at radius 3 is 2.36 bits per heavy atom. The van der Waals surface area contributed by atoms with Crippen molar-refractivity contribution in [3.05, 3.63) is 0 Å². The molecule has 1 N–H and O–H groups in total. The highest BCUT2D eigenvalue weighted by molar-refractivity contribution is 5.72. The molecular weight excluding hydrogens is 184 g/mol. The fourth-order valence-electron chi connectivity index (χ4n) is 1.04. The molecule has 4 heteroatoms. The minimum absolute atomic E-state index is 0.339. The molecule has 0 aromatic heterocycles. The van der Waals surface area contributed by atoms with Crippen LogP contribution in [0, 0.1) is 5.92 Å². The van der Waals surface area contributed by atoms with E-state index in [0.717, 1.165) is 6.42 Å². The normalized spacial score (nSPS) is 13.1. The molecule has 84 valence electrons. The van der Waals surface area contributed by atoms with E-state index in [-0.39, 0.29) is 0 Å². The summed E-state index contributed by atoms with van der Waals surface area (Å²) < 4.78 is 9.95. The van der Waals surface area contributed by atoms with E-state index < -0.39 is 12.1 Å². The second kappa shape index (κ2) is 7.76. The van der Waals surface area contributed by atoms with Crippen LogP contribution >= 0.6 is 0 Å². The van der Waals surface area contributed by atoms with Crippen LogP contribution in [0.1, 0.15) is 26.7 Å². The molecule has 0 amide bonds. The van der Waals surface area contributed by atoms with E-state index in [1.807, 2.05) is 0 Å². The molecule has 0 heterocycles. The minimum Gasteiger partial charge on any atom is -0.479 e. The van der Waals surface area contributed by atoms with Crippen LogP contribution in [0.15, 0.2) is 0 Å². The molecule has 0 rings (SSSR count). The predicted octanol–water partition coefficient (Wildman–Crippen LogP) is 1.54. The highest BCUT2D eigenvalue weighted by Gasteiger charge is 2.17. The summed E-state index contributed by atoms with van der Waals surface area (Å²) >= 11 is 0. The van der Waals surface area contributed by atoms with Crippen LogP contribution in [0.5, 0.6) is 0 Å². The van der Waals surface area contributed by atoms with Gasteiger partial charge in [-0.2, -0.15) is 0 Å². The van der Waals surface area contributed by atoms with E-state index >= 15 is 0 Å². The van der Waals surface area contributed by atoms with E-state index in [1.165, 1.54) is 0 Å². The van der Waals surface area contributed by atoms with Gasteiger partial charge in [-0.1, -0.05) is 13.8 Å². The highest BCUT2D eigenvalue weighted by atomic mass is 16.5. The van der Waals surface area contributed by atoms with Gasteiger partial charge in [0.25, 0.3) is 0 Å². The lowest BCUT2D eigenvalue weighted by atomic mass is 10.1. The molecule has 1 atom stereocenters. The van der Waals surface area contributed by atoms with E-state index in [1.54, 1.807) is 7.11 Å². The number of hydrogen-bond acceptors (Lipinski definition) is 3. The van der Waals surface area contributed by atoms with Crippen molar-refractivity contribution in [1.82, 2.24) is 0 Å². The van der Waals surface area contributed by atoms with Crippen LogP contribution in [-0.2, 0) is 14.3 Å². The SMILES string of the molecule is COCCOC(CCC(C)C)C(=O)O. The van der Waals surface area contributed by atoms with E-state index in [9.17, 15) is 4.79 Å². The Kier molecular flexibility index (Phi) is 7.42. The average molecular weight is 204 g/mol. The Morgan fingerprint density at radius 2 is 1.93 bits per heavy atom. The Bertz CT molecular complexity index is 156. The molecule has 0 saturated carbocycles. The lowest BCUT2D eigenvalue weighted by Crippen LogP contribution is -2.25. The standard InChI is InChI=1S/C10H20O4/c1-8(2)4-5-9(10(11)12)14-7-6-13-3/h8-9H,4-7H2,1-3H3,(H,11,12). The van der Waals surface area contributed by atoms with Crippen LogP contribution in [0.4, 0.5) is 0 Å². The number of carboxylic acid groups (broad SMARTS) is 1. The summed E-state index contributed by atoms with van der Waals surface area (Å²) in [5, 5.41) is 8.82. The van der Waals surface area contributed by atoms with Crippen molar-refractivity contribution in [3.63, 3.8) is 0 Å². The van der Waals surface area contributed by atoms with Crippen molar-refractivity contribution in [3.8, 4) is 0 Å². The number of carbonyl (C=O) groups is 1. The van der Waals surface area contributed by atoms with E-state index in [0.29, 0.717) is 25.6 Å². The average Bonchev–Trinajstić information content (AvgIpc) is 2.10. The van der Waals surface area contributed by atoms with Crippen LogP contribution in [-0.4, -0.2) is 37.5 Å². The van der Waals surface area contributed by atoms with Crippen LogP contribution in [0.3, 0.4) is 0 Å². The number of carboxylic acids is 1. The van der Waals surface area contributed by atoms with Crippen molar-refractivity contribution in [1.29, 1.82) is 0 Å². The molecular formula is C10H20O4. The van der Waals surface area contributed by atoms with Gasteiger partial charge in [0.1, 0.15) is 0 Å². The maximum Gasteiger partial charge on any atom is 0.332 e. The largest absolute Gasteiger partial charge is 0.479 e. The zero-order valence-electron chi connectivity index (χ0n) is 9.16. The van der Waals surface area contributed by atoms with Gasteiger partial charge in [0.15, 0.2) is 6.10 Å². The first-order valence-corrected chi connectivity index (χ1v) is 4.91. The number of ether oxygens (including phenoxy) is 2. The van der Waals surface area contributed by atoms with Crippen molar-refractivity contribution < 1.29 is 19.4 Å². The molecule has 0 aliphatic rings. The second-order valence-electron chi connectivity index (χ2n) is 3.66. The van der Waals surface area contributed by atoms with E-state index in [2.05, 4.69) is 13.8 Å². The smallest absolute Gasteiger partial charge is 0.332 e. The van der Waals surface area contributed by atoms with Gasteiger partial charge in [0.2, 0.25) is 0 Å². The van der Waals surface area contributed by atoms with Crippen molar-refractivity contribution in [2.75, 3.05) is 20.3 Å². The third-order valence-corrected chi connectivity index (χ3v) is 1.89. The fraction of sp³-hybridized carbons (Fsp3) is 0.900. The molecule has 0 spiro atoms. The minimum atomic E-state index is -0.887. The maximum atomic E-state index is 10.7. The fourth-order valence-corrected chi connectivity index (χ4v) is 1.04. The Labute approximate surface area is 85.2 Å². The highest BCUT2D eigenvalue weighted by Crippen LogP contribution is 2.09. The Morgan fingerprint density at radius 1 is 1.29 bits per heavy atom. The molecule has 0 aliphatic heterocycles. The number of aliphatic carboxylic acids is 1. The summed E-state index contributed by atoms with van der Waals surface area (Å²) in [4.78, 5) is 10.7. The molecule has 0 saturated heterocycles. The van der Waals surface area contributed by atoms with Gasteiger partial charge >= 0.3 is 5.97 Å². The third-order valence-electron chi connectivity index (χ3n) is 1.89. The Balaban J connectivity index is 3.72. The van der Waals surface area contributed by atoms with Crippen LogP contribution in [0.2, 0.25) is 0 Å². The van der Waals surface area contributed by atoms with Gasteiger partial charge in [0, 0.05) is 7.11 Å². The first-order valence-electron chi connectivity index (χ1n) is 4.91. The molecule has 0 radical (unpaired) electrons. The molecule has 0 aliphatic carbocycles. The monoisotopic (exact) mass is 204 g/mol. The second-order valence-corrected chi connectivity index (χ2v) is 3.66. The summed E-state index contributed by atoms with van der Waals surface area (Å²) in [5.74, 6) is -0.385. The summed E-state index contributed by atoms with van der Waals surface area (Å²) in [7, 11) is 1.56. The topological polar surface area (TPSA) is 55.8 Å². The molecule has 0 aromatic carbocycles. The van der Waals surface area contributed by atoms with Gasteiger partial charge < -0.3 is 14.6 Å². The maximum absolute atomic E-state index is 10.7. The lowest BCUT2D eigenvalue weighted by molar-refractivity contribution is -0.151. The first kappa shape index (κ1) is 13.4. The molecule has 1 unspecified atom stereocenters. The Hall–Kier alpha value is -0.610. The molecule has 0 fully saturated rings. The van der Waals surface area contributed by atoms with Crippen LogP contribution in [0.25, 0.3) is 0 Å². The molecule has 0 aromatic rings. The summed E-state index contributed by atoms with van der Waals surface area (Å²) in [6.45, 7) is 4.90. The zero-order valence-corrected chi connectivity index (χ0v) is 9.16. The van der Waals surface area contributed by atoms with Crippen LogP contribution < -0.4 is 0 Å². The van der Waals surface area contributed by atoms with Crippen molar-refractivity contribution >= 4 is 5.97 Å². The van der Waals surface area contributed by atoms with Gasteiger partial charge in [-0.05, 0) is 18.8 Å². The van der Waals surface area contributed by atoms with Crippen molar-refractivity contribution in [2.45, 2.75) is 32.8 Å². The number of rotatable bonds is 8. The number of hydrogen-bond donors (Lipinski definition) is 1. The quantitative estimate of drug-likeness (QED) is 0.609.